The zero-order valence-electron chi connectivity index (χ0n) is 28.5. The molecule has 8 aromatic carbocycles. The molecule has 0 unspecified atom stereocenters. The Kier molecular flexibility index (Phi) is 6.28. The van der Waals surface area contributed by atoms with Gasteiger partial charge in [-0.25, -0.2) is 0 Å². The third kappa shape index (κ3) is 4.48. The third-order valence-corrected chi connectivity index (χ3v) is 10.7. The van der Waals surface area contributed by atoms with Gasteiger partial charge >= 0.3 is 0 Å². The minimum Gasteiger partial charge on any atom is -0.456 e. The molecule has 246 valence electrons. The first-order valence-corrected chi connectivity index (χ1v) is 17.8. The molecule has 0 atom stereocenters. The summed E-state index contributed by atoms with van der Waals surface area (Å²) in [4.78, 5) is 0. The van der Waals surface area contributed by atoms with Crippen LogP contribution in [0.5, 0.6) is 0 Å². The van der Waals surface area contributed by atoms with E-state index in [2.05, 4.69) is 161 Å². The maximum absolute atomic E-state index is 9.83. The van der Waals surface area contributed by atoms with Gasteiger partial charge in [-0.1, -0.05) is 91.0 Å². The maximum atomic E-state index is 9.83. The van der Waals surface area contributed by atoms with Gasteiger partial charge in [0.25, 0.3) is 0 Å². The Morgan fingerprint density at radius 1 is 0.358 bits per heavy atom. The molecule has 0 saturated carbocycles. The summed E-state index contributed by atoms with van der Waals surface area (Å²) in [5.74, 6) is 0. The number of hydrogen-bond acceptors (Lipinski definition) is 2. The van der Waals surface area contributed by atoms with Gasteiger partial charge in [0.15, 0.2) is 0 Å². The Morgan fingerprint density at radius 2 is 0.981 bits per heavy atom. The van der Waals surface area contributed by atoms with Crippen molar-refractivity contribution in [1.82, 2.24) is 9.13 Å². The number of nitrogens with zero attached hydrogens (tertiary/aromatic N) is 3. The number of hydrogen-bond donors (Lipinski definition) is 0. The van der Waals surface area contributed by atoms with E-state index in [4.69, 9.17) is 4.42 Å². The van der Waals surface area contributed by atoms with Crippen LogP contribution in [-0.4, -0.2) is 9.13 Å². The van der Waals surface area contributed by atoms with E-state index in [1.807, 2.05) is 30.3 Å². The van der Waals surface area contributed by atoms with E-state index >= 15 is 0 Å². The van der Waals surface area contributed by atoms with Crippen LogP contribution in [0, 0.1) is 11.3 Å². The molecule has 0 radical (unpaired) electrons. The fraction of sp³-hybridized carbons (Fsp3) is 0. The van der Waals surface area contributed by atoms with Crippen molar-refractivity contribution >= 4 is 65.6 Å². The smallest absolute Gasteiger partial charge is 0.136 e. The summed E-state index contributed by atoms with van der Waals surface area (Å²) in [6, 6.07) is 64.4. The van der Waals surface area contributed by atoms with Crippen molar-refractivity contribution in [2.45, 2.75) is 0 Å². The van der Waals surface area contributed by atoms with Crippen LogP contribution < -0.4 is 0 Å². The molecule has 0 bridgehead atoms. The van der Waals surface area contributed by atoms with Crippen LogP contribution in [0.3, 0.4) is 0 Å². The van der Waals surface area contributed by atoms with Crippen LogP contribution in [0.15, 0.2) is 180 Å². The minimum atomic E-state index is 0.635. The lowest BCUT2D eigenvalue weighted by Gasteiger charge is -2.15. The molecule has 0 amide bonds. The predicted molar refractivity (Wildman–Crippen MR) is 218 cm³/mol. The highest BCUT2D eigenvalue weighted by molar-refractivity contribution is 6.17. The number of furan rings is 1. The molecule has 0 aliphatic rings. The molecule has 0 aliphatic carbocycles. The molecule has 4 heteroatoms. The maximum Gasteiger partial charge on any atom is 0.136 e. The topological polar surface area (TPSA) is 46.8 Å². The molecule has 11 aromatic rings. The van der Waals surface area contributed by atoms with Gasteiger partial charge in [0.05, 0.1) is 33.7 Å². The van der Waals surface area contributed by atoms with Gasteiger partial charge in [0.1, 0.15) is 11.2 Å². The van der Waals surface area contributed by atoms with Crippen molar-refractivity contribution in [1.29, 1.82) is 5.26 Å². The van der Waals surface area contributed by atoms with Crippen LogP contribution >= 0.6 is 0 Å². The van der Waals surface area contributed by atoms with Gasteiger partial charge in [-0.3, -0.25) is 0 Å². The summed E-state index contributed by atoms with van der Waals surface area (Å²) in [5, 5.41) is 16.7. The van der Waals surface area contributed by atoms with Gasteiger partial charge in [-0.15, -0.1) is 0 Å². The molecular weight excluding hydrogens is 647 g/mol. The highest BCUT2D eigenvalue weighted by Crippen LogP contribution is 2.41. The zero-order valence-corrected chi connectivity index (χ0v) is 28.5. The van der Waals surface area contributed by atoms with Crippen LogP contribution in [0.25, 0.3) is 99.2 Å². The summed E-state index contributed by atoms with van der Waals surface area (Å²) >= 11 is 0. The first-order valence-electron chi connectivity index (χ1n) is 17.8. The normalized spacial score (nSPS) is 11.8. The van der Waals surface area contributed by atoms with E-state index in [1.54, 1.807) is 0 Å². The highest BCUT2D eigenvalue weighted by atomic mass is 16.3. The van der Waals surface area contributed by atoms with Crippen molar-refractivity contribution in [3.05, 3.63) is 181 Å². The second kappa shape index (κ2) is 11.3. The third-order valence-electron chi connectivity index (χ3n) is 10.7. The second-order valence-electron chi connectivity index (χ2n) is 13.7. The number of rotatable bonds is 4. The molecule has 11 rings (SSSR count). The van der Waals surface area contributed by atoms with E-state index < -0.39 is 0 Å². The molecule has 0 saturated heterocycles. The average molecular weight is 676 g/mol. The Morgan fingerprint density at radius 3 is 1.74 bits per heavy atom. The molecule has 0 spiro atoms. The van der Waals surface area contributed by atoms with Gasteiger partial charge in [0, 0.05) is 43.7 Å². The fourth-order valence-electron chi connectivity index (χ4n) is 8.31. The Balaban J connectivity index is 1.20. The summed E-state index contributed by atoms with van der Waals surface area (Å²) in [7, 11) is 0. The van der Waals surface area contributed by atoms with Crippen molar-refractivity contribution in [2.75, 3.05) is 0 Å². The van der Waals surface area contributed by atoms with E-state index in [0.717, 1.165) is 77.5 Å². The number of benzene rings is 8. The highest BCUT2D eigenvalue weighted by Gasteiger charge is 2.19. The zero-order chi connectivity index (χ0) is 35.0. The van der Waals surface area contributed by atoms with Crippen molar-refractivity contribution in [2.24, 2.45) is 0 Å². The molecule has 3 heterocycles. The summed E-state index contributed by atoms with van der Waals surface area (Å²) in [6.07, 6.45) is 0. The predicted octanol–water partition coefficient (Wildman–Crippen LogP) is 13.0. The van der Waals surface area contributed by atoms with Crippen LogP contribution in [0.4, 0.5) is 0 Å². The SMILES string of the molecule is N#Cc1cccc(-c2cc(-c3ccc4c(c3)c3ccccc3n4-c3ccccc3)cc(-n3c4ccccc4c4cc5oc6ccccc6c5cc43)c2)c1. The summed E-state index contributed by atoms with van der Waals surface area (Å²) < 4.78 is 11.1. The molecular formula is C49H29N3O. The van der Waals surface area contributed by atoms with E-state index in [1.165, 1.54) is 21.7 Å². The van der Waals surface area contributed by atoms with Crippen LogP contribution in [0.2, 0.25) is 0 Å². The molecule has 0 fully saturated rings. The second-order valence-corrected chi connectivity index (χ2v) is 13.7. The van der Waals surface area contributed by atoms with E-state index in [9.17, 15) is 5.26 Å². The van der Waals surface area contributed by atoms with Crippen LogP contribution in [-0.2, 0) is 0 Å². The number of fused-ring (bicyclic) bond motifs is 9. The molecule has 0 N–H and O–H groups in total. The summed E-state index contributed by atoms with van der Waals surface area (Å²) in [5.41, 5.74) is 13.4. The van der Waals surface area contributed by atoms with E-state index in [0.29, 0.717) is 5.56 Å². The van der Waals surface area contributed by atoms with Gasteiger partial charge in [-0.2, -0.15) is 5.26 Å². The fourth-order valence-corrected chi connectivity index (χ4v) is 8.31. The lowest BCUT2D eigenvalue weighted by atomic mass is 9.96. The molecule has 53 heavy (non-hydrogen) atoms. The Labute approximate surface area is 304 Å². The van der Waals surface area contributed by atoms with Gasteiger partial charge < -0.3 is 13.6 Å². The number of para-hydroxylation sites is 4. The first kappa shape index (κ1) is 29.4. The van der Waals surface area contributed by atoms with Gasteiger partial charge in [0.2, 0.25) is 0 Å². The summed E-state index contributed by atoms with van der Waals surface area (Å²) in [6.45, 7) is 0. The first-order chi connectivity index (χ1) is 26.2. The molecule has 3 aromatic heterocycles. The lowest BCUT2D eigenvalue weighted by molar-refractivity contribution is 0.669. The number of aromatic nitrogens is 2. The minimum absolute atomic E-state index is 0.635. The quantitative estimate of drug-likeness (QED) is 0.186. The number of nitriles is 1. The standard InChI is InChI=1S/C49H29N3O/c50-30-31-11-10-12-32(23-31)34-24-35(33-21-22-46-41(27-33)38-15-4-7-18-44(38)51(46)36-13-2-1-3-14-36)26-37(25-34)52-45-19-8-5-16-39(45)42-29-49-43(28-47(42)52)40-17-6-9-20-48(40)53-49/h1-29H. The largest absolute Gasteiger partial charge is 0.456 e. The average Bonchev–Trinajstić information content (AvgIpc) is 3.87. The van der Waals surface area contributed by atoms with Gasteiger partial charge in [-0.05, 0) is 107 Å². The molecule has 0 aliphatic heterocycles. The van der Waals surface area contributed by atoms with Crippen molar-refractivity contribution in [3.63, 3.8) is 0 Å². The Hall–Kier alpha value is -7.35. The van der Waals surface area contributed by atoms with E-state index in [-0.39, 0.29) is 0 Å². The monoisotopic (exact) mass is 675 g/mol. The van der Waals surface area contributed by atoms with Crippen LogP contribution in [0.1, 0.15) is 5.56 Å². The molecule has 4 nitrogen and oxygen atoms in total. The lowest BCUT2D eigenvalue weighted by Crippen LogP contribution is -1.96. The van der Waals surface area contributed by atoms with Crippen molar-refractivity contribution in [3.8, 4) is 39.7 Å². The Bertz CT molecular complexity index is 3300. The van der Waals surface area contributed by atoms with Crippen molar-refractivity contribution < 1.29 is 4.42 Å².